The van der Waals surface area contributed by atoms with Crippen LogP contribution in [0.5, 0.6) is 0 Å². The number of hydrogen-bond donors (Lipinski definition) is 1. The monoisotopic (exact) mass is 195 g/mol. The molecule has 0 aromatic carbocycles. The molecule has 1 aromatic rings. The van der Waals surface area contributed by atoms with Crippen LogP contribution in [0.3, 0.4) is 0 Å². The number of carbonyl (C=O) groups excluding carboxylic acids is 1. The van der Waals surface area contributed by atoms with E-state index in [-0.39, 0.29) is 11.5 Å². The van der Waals surface area contributed by atoms with E-state index >= 15 is 0 Å². The second kappa shape index (κ2) is 3.46. The van der Waals surface area contributed by atoms with Crippen molar-refractivity contribution in [1.82, 2.24) is 4.98 Å². The van der Waals surface area contributed by atoms with Gasteiger partial charge >= 0.3 is 0 Å². The van der Waals surface area contributed by atoms with Crippen LogP contribution in [0.1, 0.15) is 23.2 Å². The SMILES string of the molecule is O=C(c1cncc(F)c1)C(O)C1CC1. The Bertz CT molecular complexity index is 363. The molecule has 0 aliphatic heterocycles. The van der Waals surface area contributed by atoms with Gasteiger partial charge in [0.2, 0.25) is 0 Å². The number of halogens is 1. The van der Waals surface area contributed by atoms with Gasteiger partial charge in [-0.3, -0.25) is 9.78 Å². The zero-order valence-corrected chi connectivity index (χ0v) is 7.48. The summed E-state index contributed by atoms with van der Waals surface area (Å²) in [5, 5.41) is 9.50. The fourth-order valence-electron chi connectivity index (χ4n) is 1.34. The van der Waals surface area contributed by atoms with Gasteiger partial charge in [-0.1, -0.05) is 0 Å². The normalized spacial score (nSPS) is 17.9. The first kappa shape index (κ1) is 9.27. The van der Waals surface area contributed by atoms with Crippen LogP contribution in [0.15, 0.2) is 18.5 Å². The van der Waals surface area contributed by atoms with E-state index in [4.69, 9.17) is 0 Å². The molecule has 0 saturated heterocycles. The molecule has 1 aromatic heterocycles. The summed E-state index contributed by atoms with van der Waals surface area (Å²) in [5.41, 5.74) is 0.143. The number of rotatable bonds is 3. The molecule has 1 aliphatic carbocycles. The Morgan fingerprint density at radius 1 is 1.57 bits per heavy atom. The number of hydrogen-bond acceptors (Lipinski definition) is 3. The molecule has 1 N–H and O–H groups in total. The first-order valence-corrected chi connectivity index (χ1v) is 4.51. The van der Waals surface area contributed by atoms with Gasteiger partial charge in [-0.25, -0.2) is 4.39 Å². The number of pyridine rings is 1. The Balaban J connectivity index is 2.17. The van der Waals surface area contributed by atoms with Crippen LogP contribution in [0.2, 0.25) is 0 Å². The zero-order valence-electron chi connectivity index (χ0n) is 7.48. The molecule has 1 fully saturated rings. The van der Waals surface area contributed by atoms with E-state index in [9.17, 15) is 14.3 Å². The van der Waals surface area contributed by atoms with E-state index < -0.39 is 17.7 Å². The van der Waals surface area contributed by atoms with E-state index in [1.807, 2.05) is 0 Å². The van der Waals surface area contributed by atoms with Gasteiger partial charge in [0.1, 0.15) is 11.9 Å². The van der Waals surface area contributed by atoms with Gasteiger partial charge in [0.25, 0.3) is 0 Å². The highest BCUT2D eigenvalue weighted by Gasteiger charge is 2.35. The van der Waals surface area contributed by atoms with Crippen LogP contribution in [0.25, 0.3) is 0 Å². The van der Waals surface area contributed by atoms with Crippen LogP contribution in [-0.4, -0.2) is 22.0 Å². The Kier molecular flexibility index (Phi) is 2.29. The van der Waals surface area contributed by atoms with E-state index in [0.717, 1.165) is 25.1 Å². The van der Waals surface area contributed by atoms with E-state index in [0.29, 0.717) is 0 Å². The molecule has 0 bridgehead atoms. The number of ketones is 1. The molecule has 0 radical (unpaired) electrons. The minimum Gasteiger partial charge on any atom is -0.385 e. The van der Waals surface area contributed by atoms with Crippen molar-refractivity contribution >= 4 is 5.78 Å². The van der Waals surface area contributed by atoms with Gasteiger partial charge in [0, 0.05) is 11.8 Å². The largest absolute Gasteiger partial charge is 0.385 e. The molecule has 74 valence electrons. The summed E-state index contributed by atoms with van der Waals surface area (Å²) in [4.78, 5) is 15.1. The maximum absolute atomic E-state index is 12.7. The summed E-state index contributed by atoms with van der Waals surface area (Å²) >= 11 is 0. The van der Waals surface area contributed by atoms with Gasteiger partial charge < -0.3 is 5.11 Å². The lowest BCUT2D eigenvalue weighted by Gasteiger charge is -2.06. The molecule has 3 nitrogen and oxygen atoms in total. The summed E-state index contributed by atoms with van der Waals surface area (Å²) in [6, 6.07) is 1.10. The number of carbonyl (C=O) groups is 1. The molecular weight excluding hydrogens is 185 g/mol. The topological polar surface area (TPSA) is 50.2 Å². The van der Waals surface area contributed by atoms with Gasteiger partial charge in [-0.05, 0) is 24.8 Å². The highest BCUT2D eigenvalue weighted by Crippen LogP contribution is 2.33. The zero-order chi connectivity index (χ0) is 10.1. The number of aromatic nitrogens is 1. The number of nitrogens with zero attached hydrogens (tertiary/aromatic N) is 1. The van der Waals surface area contributed by atoms with Gasteiger partial charge in [0.15, 0.2) is 5.78 Å². The predicted octanol–water partition coefficient (Wildman–Crippen LogP) is 1.17. The lowest BCUT2D eigenvalue weighted by molar-refractivity contribution is 0.0703. The Morgan fingerprint density at radius 3 is 2.86 bits per heavy atom. The number of aliphatic hydroxyl groups is 1. The standard InChI is InChI=1S/C10H10FNO2/c11-8-3-7(4-12-5-8)10(14)9(13)6-1-2-6/h3-6,9,13H,1-2H2. The second-order valence-corrected chi connectivity index (χ2v) is 3.54. The van der Waals surface area contributed by atoms with Crippen molar-refractivity contribution in [2.45, 2.75) is 18.9 Å². The van der Waals surface area contributed by atoms with Crippen molar-refractivity contribution in [1.29, 1.82) is 0 Å². The van der Waals surface area contributed by atoms with Gasteiger partial charge in [0.05, 0.1) is 6.20 Å². The smallest absolute Gasteiger partial charge is 0.193 e. The first-order chi connectivity index (χ1) is 6.68. The average molecular weight is 195 g/mol. The molecule has 1 aliphatic rings. The molecule has 1 atom stereocenters. The fraction of sp³-hybridized carbons (Fsp3) is 0.400. The Hall–Kier alpha value is -1.29. The van der Waals surface area contributed by atoms with Crippen molar-refractivity contribution in [3.63, 3.8) is 0 Å². The fourth-order valence-corrected chi connectivity index (χ4v) is 1.34. The molecular formula is C10H10FNO2. The molecule has 2 rings (SSSR count). The van der Waals surface area contributed by atoms with Crippen LogP contribution >= 0.6 is 0 Å². The third-order valence-corrected chi connectivity index (χ3v) is 2.33. The van der Waals surface area contributed by atoms with Crippen molar-refractivity contribution in [2.24, 2.45) is 5.92 Å². The number of aliphatic hydroxyl groups excluding tert-OH is 1. The van der Waals surface area contributed by atoms with E-state index in [1.54, 1.807) is 0 Å². The molecule has 1 heterocycles. The Labute approximate surface area is 80.6 Å². The van der Waals surface area contributed by atoms with Crippen molar-refractivity contribution in [3.8, 4) is 0 Å². The predicted molar refractivity (Wildman–Crippen MR) is 47.3 cm³/mol. The van der Waals surface area contributed by atoms with Crippen LogP contribution in [0.4, 0.5) is 4.39 Å². The molecule has 4 heteroatoms. The quantitative estimate of drug-likeness (QED) is 0.736. The molecule has 0 spiro atoms. The lowest BCUT2D eigenvalue weighted by Crippen LogP contribution is -2.22. The third-order valence-electron chi connectivity index (χ3n) is 2.33. The summed E-state index contributed by atoms with van der Waals surface area (Å²) in [6.45, 7) is 0. The molecule has 14 heavy (non-hydrogen) atoms. The van der Waals surface area contributed by atoms with E-state index in [1.165, 1.54) is 6.20 Å². The van der Waals surface area contributed by atoms with Crippen molar-refractivity contribution < 1.29 is 14.3 Å². The minimum atomic E-state index is -0.987. The maximum Gasteiger partial charge on any atom is 0.193 e. The number of Topliss-reactive ketones (excluding diaryl/α,β-unsaturated/α-hetero) is 1. The second-order valence-electron chi connectivity index (χ2n) is 3.54. The minimum absolute atomic E-state index is 0.0609. The Morgan fingerprint density at radius 2 is 2.29 bits per heavy atom. The summed E-state index contributed by atoms with van der Waals surface area (Å²) in [6.07, 6.45) is 3.06. The van der Waals surface area contributed by atoms with Gasteiger partial charge in [-0.15, -0.1) is 0 Å². The summed E-state index contributed by atoms with van der Waals surface area (Å²) in [5.74, 6) is -0.927. The molecule has 1 unspecified atom stereocenters. The first-order valence-electron chi connectivity index (χ1n) is 4.51. The highest BCUT2D eigenvalue weighted by molar-refractivity contribution is 5.99. The summed E-state index contributed by atoms with van der Waals surface area (Å²) < 4.78 is 12.7. The van der Waals surface area contributed by atoms with Crippen molar-refractivity contribution in [3.05, 3.63) is 29.8 Å². The maximum atomic E-state index is 12.7. The molecule has 1 saturated carbocycles. The van der Waals surface area contributed by atoms with E-state index in [2.05, 4.69) is 4.98 Å². The van der Waals surface area contributed by atoms with Crippen LogP contribution < -0.4 is 0 Å². The third kappa shape index (κ3) is 1.80. The highest BCUT2D eigenvalue weighted by atomic mass is 19.1. The van der Waals surface area contributed by atoms with Crippen LogP contribution in [-0.2, 0) is 0 Å². The molecule has 0 amide bonds. The van der Waals surface area contributed by atoms with Crippen molar-refractivity contribution in [2.75, 3.05) is 0 Å². The van der Waals surface area contributed by atoms with Crippen LogP contribution in [0, 0.1) is 11.7 Å². The average Bonchev–Trinajstić information content (AvgIpc) is 2.99. The lowest BCUT2D eigenvalue weighted by atomic mass is 10.1. The summed E-state index contributed by atoms with van der Waals surface area (Å²) in [7, 11) is 0. The van der Waals surface area contributed by atoms with Gasteiger partial charge in [-0.2, -0.15) is 0 Å².